The zero-order chi connectivity index (χ0) is 14.9. The lowest BCUT2D eigenvalue weighted by Gasteiger charge is -2.12. The second-order valence-electron chi connectivity index (χ2n) is 4.13. The van der Waals surface area contributed by atoms with Crippen LogP contribution in [0.4, 0.5) is 24.7 Å². The van der Waals surface area contributed by atoms with Gasteiger partial charge in [0.25, 0.3) is 0 Å². The van der Waals surface area contributed by atoms with Gasteiger partial charge in [0.05, 0.1) is 5.69 Å². The van der Waals surface area contributed by atoms with E-state index in [-0.39, 0.29) is 16.7 Å². The first kappa shape index (κ1) is 14.6. The van der Waals surface area contributed by atoms with Crippen molar-refractivity contribution in [3.8, 4) is 0 Å². The van der Waals surface area contributed by atoms with Crippen molar-refractivity contribution in [2.45, 2.75) is 20.3 Å². The molecule has 0 radical (unpaired) electrons. The van der Waals surface area contributed by atoms with Gasteiger partial charge in [0.2, 0.25) is 0 Å². The molecule has 1 aromatic heterocycles. The number of aryl methyl sites for hydroxylation is 1. The SMILES string of the molecule is CCc1nc(Cl)c(C)c(Nc2cc(F)c(F)cc2F)n1. The highest BCUT2D eigenvalue weighted by Crippen LogP contribution is 2.26. The summed E-state index contributed by atoms with van der Waals surface area (Å²) in [5.74, 6) is -2.60. The molecule has 0 bridgehead atoms. The Bertz CT molecular complexity index is 662. The van der Waals surface area contributed by atoms with E-state index in [2.05, 4.69) is 15.3 Å². The number of rotatable bonds is 3. The molecule has 106 valence electrons. The van der Waals surface area contributed by atoms with E-state index in [9.17, 15) is 13.2 Å². The molecule has 0 spiro atoms. The summed E-state index contributed by atoms with van der Waals surface area (Å²) in [6, 6.07) is 1.20. The molecule has 0 aliphatic carbocycles. The average molecular weight is 302 g/mol. The Labute approximate surface area is 118 Å². The van der Waals surface area contributed by atoms with Crippen molar-refractivity contribution in [2.75, 3.05) is 5.32 Å². The Hall–Kier alpha value is -1.82. The standard InChI is InChI=1S/C13H11ClF3N3/c1-3-11-19-12(14)6(2)13(20-11)18-10-5-8(16)7(15)4-9(10)17/h4-5H,3H2,1-2H3,(H,18,19,20). The van der Waals surface area contributed by atoms with Crippen molar-refractivity contribution in [2.24, 2.45) is 0 Å². The third kappa shape index (κ3) is 2.85. The molecule has 1 heterocycles. The molecule has 1 N–H and O–H groups in total. The number of aromatic nitrogens is 2. The second-order valence-corrected chi connectivity index (χ2v) is 4.49. The zero-order valence-electron chi connectivity index (χ0n) is 10.8. The van der Waals surface area contributed by atoms with E-state index in [0.29, 0.717) is 23.9 Å². The first-order chi connectivity index (χ1) is 9.42. The third-order valence-electron chi connectivity index (χ3n) is 2.71. The van der Waals surface area contributed by atoms with E-state index < -0.39 is 17.5 Å². The van der Waals surface area contributed by atoms with Gasteiger partial charge in [-0.05, 0) is 6.92 Å². The summed E-state index contributed by atoms with van der Waals surface area (Å²) in [5, 5.41) is 2.83. The lowest BCUT2D eigenvalue weighted by Crippen LogP contribution is -2.05. The Morgan fingerprint density at radius 1 is 1.10 bits per heavy atom. The summed E-state index contributed by atoms with van der Waals surface area (Å²) in [4.78, 5) is 8.18. The molecule has 0 saturated carbocycles. The van der Waals surface area contributed by atoms with E-state index in [1.54, 1.807) is 6.92 Å². The largest absolute Gasteiger partial charge is 0.337 e. The molecule has 0 aliphatic heterocycles. The van der Waals surface area contributed by atoms with Gasteiger partial charge in [0.1, 0.15) is 22.6 Å². The highest BCUT2D eigenvalue weighted by molar-refractivity contribution is 6.30. The fraction of sp³-hybridized carbons (Fsp3) is 0.231. The van der Waals surface area contributed by atoms with Gasteiger partial charge < -0.3 is 5.32 Å². The number of nitrogens with one attached hydrogen (secondary N) is 1. The Morgan fingerprint density at radius 2 is 1.75 bits per heavy atom. The van der Waals surface area contributed by atoms with Crippen molar-refractivity contribution >= 4 is 23.1 Å². The zero-order valence-corrected chi connectivity index (χ0v) is 11.5. The monoisotopic (exact) mass is 301 g/mol. The van der Waals surface area contributed by atoms with Crippen LogP contribution in [0.25, 0.3) is 0 Å². The molecular weight excluding hydrogens is 291 g/mol. The predicted octanol–water partition coefficient (Wildman–Crippen LogP) is 4.16. The van der Waals surface area contributed by atoms with Gasteiger partial charge in [-0.15, -0.1) is 0 Å². The maximum absolute atomic E-state index is 13.6. The van der Waals surface area contributed by atoms with E-state index in [1.165, 1.54) is 0 Å². The maximum atomic E-state index is 13.6. The van der Waals surface area contributed by atoms with E-state index in [1.807, 2.05) is 6.92 Å². The molecule has 2 rings (SSSR count). The molecule has 0 atom stereocenters. The maximum Gasteiger partial charge on any atom is 0.161 e. The average Bonchev–Trinajstić information content (AvgIpc) is 2.40. The number of benzene rings is 1. The number of nitrogens with zero attached hydrogens (tertiary/aromatic N) is 2. The molecule has 7 heteroatoms. The molecule has 0 saturated heterocycles. The van der Waals surface area contributed by atoms with Crippen LogP contribution < -0.4 is 5.32 Å². The molecule has 20 heavy (non-hydrogen) atoms. The smallest absolute Gasteiger partial charge is 0.161 e. The minimum Gasteiger partial charge on any atom is -0.337 e. The quantitative estimate of drug-likeness (QED) is 0.683. The van der Waals surface area contributed by atoms with Crippen LogP contribution in [0.5, 0.6) is 0 Å². The Kier molecular flexibility index (Phi) is 4.13. The topological polar surface area (TPSA) is 37.8 Å². The van der Waals surface area contributed by atoms with Crippen molar-refractivity contribution < 1.29 is 13.2 Å². The molecule has 2 aromatic rings. The Morgan fingerprint density at radius 3 is 2.40 bits per heavy atom. The first-order valence-electron chi connectivity index (χ1n) is 5.87. The van der Waals surface area contributed by atoms with Crippen LogP contribution in [0.1, 0.15) is 18.3 Å². The molecule has 0 amide bonds. The van der Waals surface area contributed by atoms with Gasteiger partial charge >= 0.3 is 0 Å². The van der Waals surface area contributed by atoms with Crippen molar-refractivity contribution in [3.05, 3.63) is 46.1 Å². The second kappa shape index (κ2) is 5.66. The van der Waals surface area contributed by atoms with Gasteiger partial charge in [-0.1, -0.05) is 18.5 Å². The molecule has 0 aliphatic rings. The predicted molar refractivity (Wildman–Crippen MR) is 70.8 cm³/mol. The highest BCUT2D eigenvalue weighted by Gasteiger charge is 2.13. The van der Waals surface area contributed by atoms with Gasteiger partial charge in [-0.3, -0.25) is 0 Å². The lowest BCUT2D eigenvalue weighted by atomic mass is 10.2. The normalized spacial score (nSPS) is 10.7. The fourth-order valence-electron chi connectivity index (χ4n) is 1.56. The number of hydrogen-bond acceptors (Lipinski definition) is 3. The lowest BCUT2D eigenvalue weighted by molar-refractivity contribution is 0.496. The Balaban J connectivity index is 2.44. The number of halogens is 4. The minimum absolute atomic E-state index is 0.219. The van der Waals surface area contributed by atoms with Crippen LogP contribution in [0.15, 0.2) is 12.1 Å². The van der Waals surface area contributed by atoms with Gasteiger partial charge in [0.15, 0.2) is 11.6 Å². The third-order valence-corrected chi connectivity index (χ3v) is 3.08. The molecule has 1 aromatic carbocycles. The van der Waals surface area contributed by atoms with Crippen LogP contribution in [0.3, 0.4) is 0 Å². The summed E-state index contributed by atoms with van der Waals surface area (Å²) < 4.78 is 39.6. The van der Waals surface area contributed by atoms with Gasteiger partial charge in [0, 0.05) is 24.1 Å². The van der Waals surface area contributed by atoms with Crippen LogP contribution in [-0.2, 0) is 6.42 Å². The molecule has 0 fully saturated rings. The molecule has 3 nitrogen and oxygen atoms in total. The van der Waals surface area contributed by atoms with Crippen molar-refractivity contribution in [3.63, 3.8) is 0 Å². The fourth-order valence-corrected chi connectivity index (χ4v) is 1.75. The molecular formula is C13H11ClF3N3. The van der Waals surface area contributed by atoms with Crippen molar-refractivity contribution in [1.82, 2.24) is 9.97 Å². The van der Waals surface area contributed by atoms with E-state index in [0.717, 1.165) is 6.07 Å². The van der Waals surface area contributed by atoms with E-state index in [4.69, 9.17) is 11.6 Å². The summed E-state index contributed by atoms with van der Waals surface area (Å²) in [6.07, 6.45) is 0.537. The van der Waals surface area contributed by atoms with E-state index >= 15 is 0 Å². The number of anilines is 2. The number of hydrogen-bond donors (Lipinski definition) is 1. The summed E-state index contributed by atoms with van der Waals surface area (Å²) in [7, 11) is 0. The van der Waals surface area contributed by atoms with Crippen LogP contribution in [0.2, 0.25) is 5.15 Å². The summed E-state index contributed by atoms with van der Waals surface area (Å²) in [5.41, 5.74) is 0.275. The van der Waals surface area contributed by atoms with Crippen LogP contribution >= 0.6 is 11.6 Å². The highest BCUT2D eigenvalue weighted by atomic mass is 35.5. The van der Waals surface area contributed by atoms with Gasteiger partial charge in [-0.25, -0.2) is 23.1 Å². The van der Waals surface area contributed by atoms with Crippen LogP contribution in [0, 0.1) is 24.4 Å². The van der Waals surface area contributed by atoms with Crippen molar-refractivity contribution in [1.29, 1.82) is 0 Å². The summed E-state index contributed by atoms with van der Waals surface area (Å²) in [6.45, 7) is 3.48. The minimum atomic E-state index is -1.25. The summed E-state index contributed by atoms with van der Waals surface area (Å²) >= 11 is 5.94. The van der Waals surface area contributed by atoms with Gasteiger partial charge in [-0.2, -0.15) is 0 Å². The first-order valence-corrected chi connectivity index (χ1v) is 6.24. The van der Waals surface area contributed by atoms with Crippen LogP contribution in [-0.4, -0.2) is 9.97 Å². The molecule has 0 unspecified atom stereocenters.